The number of nitrogens with zero attached hydrogens (tertiary/aromatic N) is 2. The predicted molar refractivity (Wildman–Crippen MR) is 119 cm³/mol. The van der Waals surface area contributed by atoms with Gasteiger partial charge in [-0.15, -0.1) is 5.10 Å². The van der Waals surface area contributed by atoms with Crippen molar-refractivity contribution in [1.29, 1.82) is 5.26 Å². The molecule has 2 aromatic heterocycles. The molecule has 0 radical (unpaired) electrons. The van der Waals surface area contributed by atoms with Crippen molar-refractivity contribution in [3.05, 3.63) is 88.5 Å². The number of nitrogens with two attached hydrogens (primary N) is 1. The van der Waals surface area contributed by atoms with Crippen LogP contribution in [0.4, 0.5) is 0 Å². The van der Waals surface area contributed by atoms with E-state index in [2.05, 4.69) is 16.3 Å². The lowest BCUT2D eigenvalue weighted by atomic mass is 9.86. The number of aromatic amines is 1. The summed E-state index contributed by atoms with van der Waals surface area (Å²) in [5.74, 6) is 1.66. The lowest BCUT2D eigenvalue weighted by Gasteiger charge is -2.22. The molecule has 0 spiro atoms. The molecule has 1 atom stereocenters. The van der Waals surface area contributed by atoms with Gasteiger partial charge in [0, 0.05) is 16.1 Å². The highest BCUT2D eigenvalue weighted by Crippen LogP contribution is 2.46. The van der Waals surface area contributed by atoms with Gasteiger partial charge in [0.2, 0.25) is 11.8 Å². The molecule has 8 heteroatoms. The molecule has 2 aromatic carbocycles. The van der Waals surface area contributed by atoms with Crippen molar-refractivity contribution in [3.63, 3.8) is 0 Å². The number of hydrogen-bond donors (Lipinski definition) is 2. The standard InChI is InChI=1S/C24H17ClN4O3/c1-30-16-8-4-14(5-9-16)22-21-20(17(12-26)23(27)32-24(21)29-28-22)19-11-10-18(31-19)13-2-6-15(25)7-3-13/h2-11,20H,27H2,1H3,(H,28,29)/t20-/m0/s1. The van der Waals surface area contributed by atoms with Crippen molar-refractivity contribution in [1.82, 2.24) is 10.2 Å². The van der Waals surface area contributed by atoms with Crippen LogP contribution in [0, 0.1) is 11.3 Å². The smallest absolute Gasteiger partial charge is 0.244 e. The SMILES string of the molecule is COc1ccc(-c2[nH]nc3c2[C@H](c2ccc(-c4ccc(Cl)cc4)o2)C(C#N)=C(N)O3)cc1. The fourth-order valence-corrected chi connectivity index (χ4v) is 3.91. The Morgan fingerprint density at radius 3 is 2.47 bits per heavy atom. The van der Waals surface area contributed by atoms with Gasteiger partial charge in [-0.2, -0.15) is 5.26 Å². The molecule has 0 fully saturated rings. The topological polar surface area (TPSA) is 110 Å². The normalized spacial score (nSPS) is 15.1. The molecule has 0 amide bonds. The quantitative estimate of drug-likeness (QED) is 0.446. The molecule has 1 aliphatic heterocycles. The summed E-state index contributed by atoms with van der Waals surface area (Å²) in [6.07, 6.45) is 0. The number of allylic oxidation sites excluding steroid dienone is 1. The Morgan fingerprint density at radius 1 is 1.06 bits per heavy atom. The van der Waals surface area contributed by atoms with Gasteiger partial charge in [-0.1, -0.05) is 11.6 Å². The minimum Gasteiger partial charge on any atom is -0.497 e. The van der Waals surface area contributed by atoms with Gasteiger partial charge >= 0.3 is 0 Å². The Bertz CT molecular complexity index is 1360. The highest BCUT2D eigenvalue weighted by molar-refractivity contribution is 6.30. The highest BCUT2D eigenvalue weighted by atomic mass is 35.5. The molecule has 0 aliphatic carbocycles. The maximum Gasteiger partial charge on any atom is 0.244 e. The summed E-state index contributed by atoms with van der Waals surface area (Å²) in [7, 11) is 1.61. The molecule has 3 heterocycles. The Balaban J connectivity index is 1.63. The third-order valence-electron chi connectivity index (χ3n) is 5.36. The van der Waals surface area contributed by atoms with E-state index in [0.29, 0.717) is 33.7 Å². The number of furan rings is 1. The molecule has 5 rings (SSSR count). The van der Waals surface area contributed by atoms with Crippen LogP contribution in [0.25, 0.3) is 22.6 Å². The lowest BCUT2D eigenvalue weighted by molar-refractivity contribution is 0.372. The first kappa shape index (κ1) is 19.8. The van der Waals surface area contributed by atoms with Crippen LogP contribution in [0.15, 0.2) is 76.5 Å². The van der Waals surface area contributed by atoms with Crippen LogP contribution < -0.4 is 15.2 Å². The summed E-state index contributed by atoms with van der Waals surface area (Å²) >= 11 is 6.00. The molecule has 0 unspecified atom stereocenters. The van der Waals surface area contributed by atoms with Gasteiger partial charge in [-0.25, -0.2) is 0 Å². The summed E-state index contributed by atoms with van der Waals surface area (Å²) < 4.78 is 17.1. The number of H-pyrrole nitrogens is 1. The molecular weight excluding hydrogens is 428 g/mol. The van der Waals surface area contributed by atoms with Crippen LogP contribution in [0.5, 0.6) is 11.6 Å². The maximum absolute atomic E-state index is 9.87. The zero-order chi connectivity index (χ0) is 22.2. The van der Waals surface area contributed by atoms with Gasteiger partial charge in [0.05, 0.1) is 24.3 Å². The Labute approximate surface area is 188 Å². The highest BCUT2D eigenvalue weighted by Gasteiger charge is 2.37. The van der Waals surface area contributed by atoms with Crippen molar-refractivity contribution >= 4 is 11.6 Å². The van der Waals surface area contributed by atoms with E-state index >= 15 is 0 Å². The molecule has 32 heavy (non-hydrogen) atoms. The second kappa shape index (κ2) is 7.84. The van der Waals surface area contributed by atoms with Crippen molar-refractivity contribution in [2.45, 2.75) is 5.92 Å². The van der Waals surface area contributed by atoms with Crippen LogP contribution in [-0.2, 0) is 0 Å². The van der Waals surface area contributed by atoms with E-state index in [1.807, 2.05) is 48.5 Å². The Kier molecular flexibility index (Phi) is 4.85. The number of ether oxygens (including phenoxy) is 2. The second-order valence-corrected chi connectivity index (χ2v) is 7.62. The number of benzene rings is 2. The number of hydrogen-bond acceptors (Lipinski definition) is 6. The molecule has 3 N–H and O–H groups in total. The van der Waals surface area contributed by atoms with Crippen molar-refractivity contribution in [2.24, 2.45) is 5.73 Å². The van der Waals surface area contributed by atoms with E-state index in [-0.39, 0.29) is 11.5 Å². The number of rotatable bonds is 4. The average molecular weight is 445 g/mol. The van der Waals surface area contributed by atoms with Crippen molar-refractivity contribution in [2.75, 3.05) is 7.11 Å². The van der Waals surface area contributed by atoms with Gasteiger partial charge in [0.15, 0.2) is 0 Å². The van der Waals surface area contributed by atoms with E-state index in [1.165, 1.54) is 0 Å². The van der Waals surface area contributed by atoms with Gasteiger partial charge in [-0.3, -0.25) is 5.10 Å². The Hall–Kier alpha value is -4.15. The predicted octanol–water partition coefficient (Wildman–Crippen LogP) is 5.22. The molecule has 0 saturated heterocycles. The summed E-state index contributed by atoms with van der Waals surface area (Å²) in [5.41, 5.74) is 9.42. The number of aromatic nitrogens is 2. The average Bonchev–Trinajstić information content (AvgIpc) is 3.46. The first-order chi connectivity index (χ1) is 15.6. The first-order valence-corrected chi connectivity index (χ1v) is 10.1. The molecule has 0 bridgehead atoms. The number of fused-ring (bicyclic) bond motifs is 1. The largest absolute Gasteiger partial charge is 0.497 e. The van der Waals surface area contributed by atoms with E-state index in [9.17, 15) is 5.26 Å². The molecule has 1 aliphatic rings. The zero-order valence-corrected chi connectivity index (χ0v) is 17.7. The van der Waals surface area contributed by atoms with Crippen LogP contribution in [0.2, 0.25) is 5.02 Å². The maximum atomic E-state index is 9.87. The molecular formula is C24H17ClN4O3. The van der Waals surface area contributed by atoms with Crippen molar-refractivity contribution < 1.29 is 13.9 Å². The molecule has 4 aromatic rings. The van der Waals surface area contributed by atoms with E-state index in [4.69, 9.17) is 31.2 Å². The number of methoxy groups -OCH3 is 1. The number of halogens is 1. The summed E-state index contributed by atoms with van der Waals surface area (Å²) in [6.45, 7) is 0. The van der Waals surface area contributed by atoms with Crippen LogP contribution in [0.1, 0.15) is 17.2 Å². The number of nitrogens with one attached hydrogen (secondary N) is 1. The molecule has 7 nitrogen and oxygen atoms in total. The minimum atomic E-state index is -0.583. The first-order valence-electron chi connectivity index (χ1n) is 9.75. The fourth-order valence-electron chi connectivity index (χ4n) is 3.78. The number of nitriles is 1. The molecule has 158 valence electrons. The summed E-state index contributed by atoms with van der Waals surface area (Å²) in [4.78, 5) is 0. The summed E-state index contributed by atoms with van der Waals surface area (Å²) in [5, 5.41) is 17.8. The van der Waals surface area contributed by atoms with E-state index in [1.54, 1.807) is 19.2 Å². The monoisotopic (exact) mass is 444 g/mol. The summed E-state index contributed by atoms with van der Waals surface area (Å²) in [6, 6.07) is 20.7. The van der Waals surface area contributed by atoms with Gasteiger partial charge in [0.25, 0.3) is 0 Å². The van der Waals surface area contributed by atoms with Crippen LogP contribution >= 0.6 is 11.6 Å². The van der Waals surface area contributed by atoms with Crippen LogP contribution in [0.3, 0.4) is 0 Å². The third-order valence-corrected chi connectivity index (χ3v) is 5.61. The zero-order valence-electron chi connectivity index (χ0n) is 16.9. The molecule has 0 saturated carbocycles. The van der Waals surface area contributed by atoms with Gasteiger partial charge in [0.1, 0.15) is 28.9 Å². The van der Waals surface area contributed by atoms with Gasteiger partial charge < -0.3 is 19.6 Å². The minimum absolute atomic E-state index is 0.00206. The van der Waals surface area contributed by atoms with Crippen LogP contribution in [-0.4, -0.2) is 17.3 Å². The van der Waals surface area contributed by atoms with E-state index in [0.717, 1.165) is 16.9 Å². The second-order valence-electron chi connectivity index (χ2n) is 7.18. The van der Waals surface area contributed by atoms with E-state index < -0.39 is 5.92 Å². The third kappa shape index (κ3) is 3.27. The Morgan fingerprint density at radius 2 is 1.78 bits per heavy atom. The lowest BCUT2D eigenvalue weighted by Crippen LogP contribution is -2.20. The van der Waals surface area contributed by atoms with Gasteiger partial charge in [-0.05, 0) is 60.7 Å². The van der Waals surface area contributed by atoms with Crippen molar-refractivity contribution in [3.8, 4) is 40.3 Å². The fraction of sp³-hybridized carbons (Fsp3) is 0.0833.